The Balaban J connectivity index is 2.12. The van der Waals surface area contributed by atoms with Gasteiger partial charge in [0.15, 0.2) is 0 Å². The minimum Gasteiger partial charge on any atom is -0.459 e. The number of nitrogens with one attached hydrogen (secondary N) is 2. The summed E-state index contributed by atoms with van der Waals surface area (Å²) in [7, 11) is 0. The van der Waals surface area contributed by atoms with Crippen molar-refractivity contribution in [1.29, 1.82) is 0 Å². The van der Waals surface area contributed by atoms with Crippen LogP contribution in [-0.2, 0) is 14.3 Å². The summed E-state index contributed by atoms with van der Waals surface area (Å²) in [5, 5.41) is 0. The van der Waals surface area contributed by atoms with Crippen molar-refractivity contribution in [1.82, 2.24) is 10.9 Å². The summed E-state index contributed by atoms with van der Waals surface area (Å²) in [6, 6.07) is 3.43. The van der Waals surface area contributed by atoms with Crippen LogP contribution in [-0.4, -0.2) is 30.8 Å². The zero-order valence-electron chi connectivity index (χ0n) is 13.1. The smallest absolute Gasteiger partial charge is 0.459 e. The number of carbonyl (C=O) groups excluding carboxylic acids is 3. The molecule has 0 radical (unpaired) electrons. The lowest BCUT2D eigenvalue weighted by Crippen LogP contribution is -2.45. The molecule has 1 fully saturated rings. The normalized spacial score (nSPS) is 13.8. The molecule has 1 aliphatic carbocycles. The molecule has 0 spiro atoms. The van der Waals surface area contributed by atoms with Crippen LogP contribution >= 0.6 is 0 Å². The van der Waals surface area contributed by atoms with Gasteiger partial charge in [0.2, 0.25) is 0 Å². The zero-order chi connectivity index (χ0) is 18.6. The molecule has 0 bridgehead atoms. The number of rotatable bonds is 4. The van der Waals surface area contributed by atoms with Crippen LogP contribution in [0.3, 0.4) is 0 Å². The van der Waals surface area contributed by atoms with E-state index >= 15 is 0 Å². The second kappa shape index (κ2) is 7.41. The average Bonchev–Trinajstić information content (AvgIpc) is 3.35. The Morgan fingerprint density at radius 3 is 2.44 bits per heavy atom. The molecule has 0 atom stereocenters. The molecule has 0 aromatic heterocycles. The van der Waals surface area contributed by atoms with E-state index < -0.39 is 29.9 Å². The topological polar surface area (TPSA) is 93.7 Å². The van der Waals surface area contributed by atoms with E-state index in [4.69, 9.17) is 0 Å². The Morgan fingerprint density at radius 2 is 1.88 bits per heavy atom. The Labute approximate surface area is 140 Å². The van der Waals surface area contributed by atoms with Crippen molar-refractivity contribution in [2.45, 2.75) is 32.0 Å². The lowest BCUT2D eigenvalue weighted by molar-refractivity contribution is -0.274. The first-order valence-corrected chi connectivity index (χ1v) is 7.38. The number of halogens is 3. The van der Waals surface area contributed by atoms with E-state index in [9.17, 15) is 27.6 Å². The molecule has 1 aromatic rings. The minimum absolute atomic E-state index is 0.0249. The standard InChI is InChI=1S/C15H15F3N2O5/c1-2-24-14(23)13(22)20-19-12(21)11-7-9(25-15(16,17)18)5-6-10(11)8-3-4-8/h5-8H,2-4H2,1H3,(H,19,21)(H,20,22). The van der Waals surface area contributed by atoms with Crippen LogP contribution in [0.2, 0.25) is 0 Å². The van der Waals surface area contributed by atoms with E-state index in [-0.39, 0.29) is 18.1 Å². The summed E-state index contributed by atoms with van der Waals surface area (Å²) in [6.45, 7) is 1.47. The van der Waals surface area contributed by atoms with Gasteiger partial charge in [-0.15, -0.1) is 13.2 Å². The van der Waals surface area contributed by atoms with Gasteiger partial charge in [-0.2, -0.15) is 0 Å². The fraction of sp³-hybridized carbons (Fsp3) is 0.400. The van der Waals surface area contributed by atoms with Gasteiger partial charge in [0.05, 0.1) is 6.61 Å². The van der Waals surface area contributed by atoms with Crippen LogP contribution in [0.15, 0.2) is 18.2 Å². The number of benzene rings is 1. The van der Waals surface area contributed by atoms with E-state index in [1.807, 2.05) is 10.9 Å². The molecule has 1 saturated carbocycles. The van der Waals surface area contributed by atoms with Crippen molar-refractivity contribution < 1.29 is 37.0 Å². The number of hydrogen-bond acceptors (Lipinski definition) is 5. The van der Waals surface area contributed by atoms with Crippen molar-refractivity contribution in [2.75, 3.05) is 6.61 Å². The molecule has 2 N–H and O–H groups in total. The molecule has 25 heavy (non-hydrogen) atoms. The van der Waals surface area contributed by atoms with Gasteiger partial charge in [0.1, 0.15) is 5.75 Å². The van der Waals surface area contributed by atoms with Crippen LogP contribution in [0.4, 0.5) is 13.2 Å². The minimum atomic E-state index is -4.90. The molecular weight excluding hydrogens is 345 g/mol. The average molecular weight is 360 g/mol. The van der Waals surface area contributed by atoms with Gasteiger partial charge in [-0.3, -0.25) is 20.4 Å². The number of hydrogen-bond donors (Lipinski definition) is 2. The van der Waals surface area contributed by atoms with Gasteiger partial charge in [0.25, 0.3) is 5.91 Å². The highest BCUT2D eigenvalue weighted by atomic mass is 19.4. The maximum absolute atomic E-state index is 12.3. The Hall–Kier alpha value is -2.78. The molecule has 136 valence electrons. The highest BCUT2D eigenvalue weighted by Gasteiger charge is 2.33. The lowest BCUT2D eigenvalue weighted by atomic mass is 10.0. The molecule has 2 amide bonds. The summed E-state index contributed by atoms with van der Waals surface area (Å²) in [4.78, 5) is 34.7. The van der Waals surface area contributed by atoms with Crippen molar-refractivity contribution >= 4 is 17.8 Å². The number of hydrazine groups is 1. The third kappa shape index (κ3) is 5.37. The first-order chi connectivity index (χ1) is 11.7. The molecule has 0 aliphatic heterocycles. The van der Waals surface area contributed by atoms with Crippen molar-refractivity contribution in [3.05, 3.63) is 29.3 Å². The Morgan fingerprint density at radius 1 is 1.20 bits per heavy atom. The summed E-state index contributed by atoms with van der Waals surface area (Å²) in [6.07, 6.45) is -3.29. The Kier molecular flexibility index (Phi) is 5.50. The predicted octanol–water partition coefficient (Wildman–Crippen LogP) is 1.79. The highest BCUT2D eigenvalue weighted by Crippen LogP contribution is 2.42. The van der Waals surface area contributed by atoms with Gasteiger partial charge in [0, 0.05) is 5.56 Å². The van der Waals surface area contributed by atoms with Crippen molar-refractivity contribution in [3.8, 4) is 5.75 Å². The van der Waals surface area contributed by atoms with Crippen molar-refractivity contribution in [3.63, 3.8) is 0 Å². The van der Waals surface area contributed by atoms with Crippen LogP contribution < -0.4 is 15.6 Å². The van der Waals surface area contributed by atoms with Crippen LogP contribution in [0, 0.1) is 0 Å². The van der Waals surface area contributed by atoms with Gasteiger partial charge >= 0.3 is 18.2 Å². The van der Waals surface area contributed by atoms with Crippen LogP contribution in [0.25, 0.3) is 0 Å². The monoisotopic (exact) mass is 360 g/mol. The molecule has 0 unspecified atom stereocenters. The van der Waals surface area contributed by atoms with Crippen molar-refractivity contribution in [2.24, 2.45) is 0 Å². The molecule has 1 aromatic carbocycles. The summed E-state index contributed by atoms with van der Waals surface area (Å²) >= 11 is 0. The van der Waals surface area contributed by atoms with E-state index in [1.54, 1.807) is 0 Å². The van der Waals surface area contributed by atoms with E-state index in [0.29, 0.717) is 5.56 Å². The Bertz CT molecular complexity index is 686. The van der Waals surface area contributed by atoms with Gasteiger partial charge in [-0.25, -0.2) is 4.79 Å². The number of ether oxygens (including phenoxy) is 2. The first kappa shape index (κ1) is 18.6. The maximum Gasteiger partial charge on any atom is 0.573 e. The quantitative estimate of drug-likeness (QED) is 0.485. The lowest BCUT2D eigenvalue weighted by Gasteiger charge is -2.14. The number of amides is 2. The van der Waals surface area contributed by atoms with E-state index in [0.717, 1.165) is 25.0 Å². The summed E-state index contributed by atoms with van der Waals surface area (Å²) in [5.74, 6) is -3.77. The number of esters is 1. The molecule has 10 heteroatoms. The van der Waals surface area contributed by atoms with E-state index in [2.05, 4.69) is 9.47 Å². The molecule has 7 nitrogen and oxygen atoms in total. The summed E-state index contributed by atoms with van der Waals surface area (Å²) in [5.41, 5.74) is 4.28. The first-order valence-electron chi connectivity index (χ1n) is 7.38. The molecular formula is C15H15F3N2O5. The zero-order valence-corrected chi connectivity index (χ0v) is 13.1. The van der Waals surface area contributed by atoms with Gasteiger partial charge in [-0.1, -0.05) is 6.07 Å². The predicted molar refractivity (Wildman–Crippen MR) is 77.3 cm³/mol. The highest BCUT2D eigenvalue weighted by molar-refractivity contribution is 6.32. The van der Waals surface area contributed by atoms with Crippen LogP contribution in [0.1, 0.15) is 41.6 Å². The summed E-state index contributed by atoms with van der Waals surface area (Å²) < 4.78 is 45.2. The third-order valence-electron chi connectivity index (χ3n) is 3.27. The second-order valence-corrected chi connectivity index (χ2v) is 5.20. The van der Waals surface area contributed by atoms with Crippen LogP contribution in [0.5, 0.6) is 5.75 Å². The van der Waals surface area contributed by atoms with E-state index in [1.165, 1.54) is 13.0 Å². The SMILES string of the molecule is CCOC(=O)C(=O)NNC(=O)c1cc(OC(F)(F)F)ccc1C1CC1. The molecule has 0 saturated heterocycles. The molecule has 2 rings (SSSR count). The third-order valence-corrected chi connectivity index (χ3v) is 3.27. The maximum atomic E-state index is 12.3. The number of alkyl halides is 3. The largest absolute Gasteiger partial charge is 0.573 e. The number of carbonyl (C=O) groups is 3. The molecule has 1 aliphatic rings. The fourth-order valence-corrected chi connectivity index (χ4v) is 2.11. The fourth-order valence-electron chi connectivity index (χ4n) is 2.11. The van der Waals surface area contributed by atoms with Gasteiger partial charge < -0.3 is 9.47 Å². The van der Waals surface area contributed by atoms with Gasteiger partial charge in [-0.05, 0) is 43.4 Å². The second-order valence-electron chi connectivity index (χ2n) is 5.20. The molecule has 0 heterocycles.